The molecule has 2 N–H and O–H groups in total. The molecule has 2 heterocycles. The molecule has 1 aliphatic heterocycles. The van der Waals surface area contributed by atoms with E-state index in [0.717, 1.165) is 32.5 Å². The molecular formula is C23H23ClN4O2S. The maximum Gasteiger partial charge on any atom is 0.264 e. The summed E-state index contributed by atoms with van der Waals surface area (Å²) in [6, 6.07) is 17.4. The first-order chi connectivity index (χ1) is 15.0. The van der Waals surface area contributed by atoms with Gasteiger partial charge < -0.3 is 5.11 Å². The predicted octanol–water partition coefficient (Wildman–Crippen LogP) is 4.34. The molecule has 3 aromatic rings. The molecule has 1 aromatic heterocycles. The average molecular weight is 455 g/mol. The summed E-state index contributed by atoms with van der Waals surface area (Å²) in [5.74, 6) is -0.235. The Morgan fingerprint density at radius 3 is 2.48 bits per heavy atom. The highest BCUT2D eigenvalue weighted by Gasteiger charge is 2.19. The molecular weight excluding hydrogens is 432 g/mol. The molecule has 8 heteroatoms. The number of nitrogens with one attached hydrogen (secondary N) is 1. The van der Waals surface area contributed by atoms with Gasteiger partial charge in [0, 0.05) is 30.9 Å². The first-order valence-electron chi connectivity index (χ1n) is 10.1. The van der Waals surface area contributed by atoms with Gasteiger partial charge in [-0.15, -0.1) is 0 Å². The van der Waals surface area contributed by atoms with Crippen molar-refractivity contribution in [3.8, 4) is 11.6 Å². The van der Waals surface area contributed by atoms with Crippen LogP contribution in [0.5, 0.6) is 5.88 Å². The van der Waals surface area contributed by atoms with E-state index in [2.05, 4.69) is 39.1 Å². The molecule has 160 valence electrons. The van der Waals surface area contributed by atoms with E-state index in [1.807, 2.05) is 6.07 Å². The van der Waals surface area contributed by atoms with Crippen LogP contribution in [-0.4, -0.2) is 44.9 Å². The number of hydrogen-bond acceptors (Lipinski definition) is 5. The van der Waals surface area contributed by atoms with Crippen LogP contribution in [-0.2, 0) is 6.54 Å². The van der Waals surface area contributed by atoms with Crippen molar-refractivity contribution >= 4 is 30.0 Å². The topological polar surface area (TPSA) is 73.6 Å². The summed E-state index contributed by atoms with van der Waals surface area (Å²) >= 11 is 11.2. The van der Waals surface area contributed by atoms with Gasteiger partial charge in [0.1, 0.15) is 5.56 Å². The molecule has 4 rings (SSSR count). The molecule has 0 amide bonds. The van der Waals surface area contributed by atoms with E-state index < -0.39 is 5.56 Å². The van der Waals surface area contributed by atoms with Crippen LogP contribution in [0.1, 0.15) is 24.0 Å². The molecule has 1 saturated heterocycles. The molecule has 0 spiro atoms. The normalized spacial score (nSPS) is 15.5. The summed E-state index contributed by atoms with van der Waals surface area (Å²) < 4.78 is 1.51. The van der Waals surface area contributed by atoms with E-state index >= 15 is 0 Å². The number of aromatic hydroxyl groups is 1. The molecule has 0 radical (unpaired) electrons. The lowest BCUT2D eigenvalue weighted by molar-refractivity contribution is 0.206. The molecule has 0 atom stereocenters. The van der Waals surface area contributed by atoms with Crippen molar-refractivity contribution < 1.29 is 5.11 Å². The van der Waals surface area contributed by atoms with E-state index in [0.29, 0.717) is 10.7 Å². The Kier molecular flexibility index (Phi) is 6.65. The van der Waals surface area contributed by atoms with Crippen molar-refractivity contribution in [1.29, 1.82) is 0 Å². The lowest BCUT2D eigenvalue weighted by atomic mass is 10.0. The maximum atomic E-state index is 12.4. The van der Waals surface area contributed by atoms with Gasteiger partial charge in [-0.05, 0) is 54.9 Å². The van der Waals surface area contributed by atoms with E-state index in [9.17, 15) is 9.90 Å². The van der Waals surface area contributed by atoms with Gasteiger partial charge in [-0.2, -0.15) is 0 Å². The monoisotopic (exact) mass is 454 g/mol. The fourth-order valence-corrected chi connectivity index (χ4v) is 4.14. The Hall–Kier alpha value is -2.74. The van der Waals surface area contributed by atoms with Crippen LogP contribution in [0.4, 0.5) is 0 Å². The third kappa shape index (κ3) is 5.12. The summed E-state index contributed by atoms with van der Waals surface area (Å²) in [6.07, 6.45) is 3.27. The number of nitrogens with zero attached hydrogens (tertiary/aromatic N) is 3. The molecule has 1 aliphatic rings. The SMILES string of the molecule is O=c1[nH]c(=S)n(-c2ccc(Cl)cc2)c(O)c1C=NC1CCN(Cc2ccccc2)CC1. The molecule has 31 heavy (non-hydrogen) atoms. The van der Waals surface area contributed by atoms with Crippen LogP contribution in [0, 0.1) is 4.77 Å². The highest BCUT2D eigenvalue weighted by molar-refractivity contribution is 7.71. The Bertz CT molecular complexity index is 1180. The molecule has 6 nitrogen and oxygen atoms in total. The molecule has 1 fully saturated rings. The van der Waals surface area contributed by atoms with E-state index in [-0.39, 0.29) is 22.3 Å². The molecule has 0 bridgehead atoms. The second kappa shape index (κ2) is 9.60. The molecule has 0 unspecified atom stereocenters. The molecule has 0 saturated carbocycles. The van der Waals surface area contributed by atoms with Crippen molar-refractivity contribution in [2.75, 3.05) is 13.1 Å². The highest BCUT2D eigenvalue weighted by Crippen LogP contribution is 2.21. The van der Waals surface area contributed by atoms with Crippen molar-refractivity contribution in [2.45, 2.75) is 25.4 Å². The van der Waals surface area contributed by atoms with E-state index in [1.165, 1.54) is 16.3 Å². The quantitative estimate of drug-likeness (QED) is 0.444. The highest BCUT2D eigenvalue weighted by atomic mass is 35.5. The van der Waals surface area contributed by atoms with Crippen LogP contribution >= 0.6 is 23.8 Å². The first kappa shape index (κ1) is 21.5. The minimum absolute atomic E-state index is 0.0928. The number of H-pyrrole nitrogens is 1. The molecule has 0 aliphatic carbocycles. The number of hydrogen-bond donors (Lipinski definition) is 2. The summed E-state index contributed by atoms with van der Waals surface area (Å²) in [6.45, 7) is 2.81. The number of aliphatic imine (C=N–C) groups is 1. The van der Waals surface area contributed by atoms with Gasteiger partial charge in [0.25, 0.3) is 5.56 Å². The number of rotatable bonds is 5. The summed E-state index contributed by atoms with van der Waals surface area (Å²) in [4.78, 5) is 22.0. The Morgan fingerprint density at radius 1 is 1.13 bits per heavy atom. The van der Waals surface area contributed by atoms with Crippen LogP contribution in [0.3, 0.4) is 0 Å². The van der Waals surface area contributed by atoms with Crippen LogP contribution < -0.4 is 5.56 Å². The van der Waals surface area contributed by atoms with Crippen LogP contribution in [0.2, 0.25) is 5.02 Å². The third-order valence-corrected chi connectivity index (χ3v) is 5.96. The number of piperidine rings is 1. The standard InChI is InChI=1S/C23H23ClN4O2S/c24-17-6-8-19(9-7-17)28-22(30)20(21(29)26-23(28)31)14-25-18-10-12-27(13-11-18)15-16-4-2-1-3-5-16/h1-9,14,18,30H,10-13,15H2,(H,26,29,31). The molecule has 2 aromatic carbocycles. The number of aromatic amines is 1. The fourth-order valence-electron chi connectivity index (χ4n) is 3.73. The minimum Gasteiger partial charge on any atom is -0.494 e. The van der Waals surface area contributed by atoms with Crippen molar-refractivity contribution in [2.24, 2.45) is 4.99 Å². The fraction of sp³-hybridized carbons (Fsp3) is 0.261. The third-order valence-electron chi connectivity index (χ3n) is 5.43. The number of halogens is 1. The Labute approximate surface area is 190 Å². The summed E-state index contributed by atoms with van der Waals surface area (Å²) in [5.41, 5.74) is 1.54. The van der Waals surface area contributed by atoms with Gasteiger partial charge in [-0.3, -0.25) is 24.2 Å². The number of likely N-dealkylation sites (tertiary alicyclic amines) is 1. The first-order valence-corrected chi connectivity index (χ1v) is 10.9. The Balaban J connectivity index is 1.48. The second-order valence-electron chi connectivity index (χ2n) is 7.58. The zero-order valence-electron chi connectivity index (χ0n) is 16.9. The smallest absolute Gasteiger partial charge is 0.264 e. The number of aromatic nitrogens is 2. The van der Waals surface area contributed by atoms with Gasteiger partial charge in [0.05, 0.1) is 11.7 Å². The van der Waals surface area contributed by atoms with Crippen molar-refractivity contribution in [3.05, 3.63) is 85.9 Å². The zero-order chi connectivity index (χ0) is 21.8. The largest absolute Gasteiger partial charge is 0.494 e. The van der Waals surface area contributed by atoms with Gasteiger partial charge >= 0.3 is 0 Å². The van der Waals surface area contributed by atoms with Crippen molar-refractivity contribution in [3.63, 3.8) is 0 Å². The zero-order valence-corrected chi connectivity index (χ0v) is 18.4. The number of benzene rings is 2. The van der Waals surface area contributed by atoms with Gasteiger partial charge in [-0.25, -0.2) is 0 Å². The van der Waals surface area contributed by atoms with Crippen LogP contribution in [0.15, 0.2) is 64.4 Å². The van der Waals surface area contributed by atoms with Crippen molar-refractivity contribution in [1.82, 2.24) is 14.5 Å². The summed E-state index contributed by atoms with van der Waals surface area (Å²) in [5, 5.41) is 11.3. The second-order valence-corrected chi connectivity index (χ2v) is 8.40. The minimum atomic E-state index is -0.460. The summed E-state index contributed by atoms with van der Waals surface area (Å²) in [7, 11) is 0. The lowest BCUT2D eigenvalue weighted by Gasteiger charge is -2.30. The predicted molar refractivity (Wildman–Crippen MR) is 126 cm³/mol. The Morgan fingerprint density at radius 2 is 1.81 bits per heavy atom. The van der Waals surface area contributed by atoms with Gasteiger partial charge in [0.15, 0.2) is 4.77 Å². The van der Waals surface area contributed by atoms with Gasteiger partial charge in [-0.1, -0.05) is 41.9 Å². The maximum absolute atomic E-state index is 12.4. The van der Waals surface area contributed by atoms with E-state index in [1.54, 1.807) is 24.3 Å². The lowest BCUT2D eigenvalue weighted by Crippen LogP contribution is -2.34. The van der Waals surface area contributed by atoms with Crippen LogP contribution in [0.25, 0.3) is 5.69 Å². The average Bonchev–Trinajstić information content (AvgIpc) is 2.76. The van der Waals surface area contributed by atoms with Gasteiger partial charge in [0.2, 0.25) is 5.88 Å². The van der Waals surface area contributed by atoms with E-state index in [4.69, 9.17) is 23.8 Å².